The molecule has 24 heavy (non-hydrogen) atoms. The number of H-pyrrole nitrogens is 1. The van der Waals surface area contributed by atoms with Crippen molar-refractivity contribution >= 4 is 26.7 Å². The van der Waals surface area contributed by atoms with Crippen molar-refractivity contribution in [3.8, 4) is 5.75 Å². The van der Waals surface area contributed by atoms with Gasteiger partial charge in [-0.25, -0.2) is 18.4 Å². The van der Waals surface area contributed by atoms with E-state index in [0.29, 0.717) is 22.5 Å². The molecule has 0 aliphatic rings. The number of aromatic nitrogens is 3. The van der Waals surface area contributed by atoms with Crippen LogP contribution in [-0.4, -0.2) is 29.5 Å². The van der Waals surface area contributed by atoms with Gasteiger partial charge in [-0.05, 0) is 32.4 Å². The van der Waals surface area contributed by atoms with Crippen LogP contribution < -0.4 is 9.46 Å². The van der Waals surface area contributed by atoms with Crippen LogP contribution in [0.4, 0.5) is 5.69 Å². The van der Waals surface area contributed by atoms with Crippen LogP contribution in [0.25, 0.3) is 11.0 Å². The summed E-state index contributed by atoms with van der Waals surface area (Å²) in [5.74, 6) is 0.646. The van der Waals surface area contributed by atoms with Crippen molar-refractivity contribution in [2.24, 2.45) is 0 Å². The van der Waals surface area contributed by atoms with E-state index in [2.05, 4.69) is 19.7 Å². The van der Waals surface area contributed by atoms with Crippen LogP contribution in [0, 0.1) is 6.92 Å². The number of aryl methyl sites for hydroxylation is 1. The predicted molar refractivity (Wildman–Crippen MR) is 91.6 cm³/mol. The van der Waals surface area contributed by atoms with Crippen molar-refractivity contribution in [1.82, 2.24) is 15.0 Å². The van der Waals surface area contributed by atoms with Gasteiger partial charge in [0, 0.05) is 18.5 Å². The molecule has 126 valence electrons. The summed E-state index contributed by atoms with van der Waals surface area (Å²) in [6.45, 7) is 5.75. The van der Waals surface area contributed by atoms with Crippen LogP contribution in [0.3, 0.4) is 0 Å². The first-order chi connectivity index (χ1) is 11.4. The molecule has 0 fully saturated rings. The van der Waals surface area contributed by atoms with E-state index in [9.17, 15) is 8.42 Å². The number of hydrogen-bond donors (Lipinski definition) is 2. The summed E-state index contributed by atoms with van der Waals surface area (Å²) in [5.41, 5.74) is 1.84. The van der Waals surface area contributed by atoms with Gasteiger partial charge in [0.15, 0.2) is 0 Å². The van der Waals surface area contributed by atoms with E-state index in [0.717, 1.165) is 5.56 Å². The Balaban J connectivity index is 1.95. The SMILES string of the molecule is Cc1ccc(NS(=O)(=O)c2c[nH]c3ncncc23)cc1OC(C)C. The lowest BCUT2D eigenvalue weighted by molar-refractivity contribution is 0.241. The molecule has 2 N–H and O–H groups in total. The Bertz CT molecular complexity index is 980. The van der Waals surface area contributed by atoms with Gasteiger partial charge in [0.25, 0.3) is 10.0 Å². The normalized spacial score (nSPS) is 11.8. The quantitative estimate of drug-likeness (QED) is 0.740. The van der Waals surface area contributed by atoms with Crippen molar-refractivity contribution in [2.75, 3.05) is 4.72 Å². The van der Waals surface area contributed by atoms with Gasteiger partial charge in [-0.15, -0.1) is 0 Å². The minimum Gasteiger partial charge on any atom is -0.491 e. The second-order valence-corrected chi connectivity index (χ2v) is 7.34. The molecule has 3 rings (SSSR count). The van der Waals surface area contributed by atoms with Gasteiger partial charge in [-0.3, -0.25) is 4.72 Å². The van der Waals surface area contributed by atoms with E-state index in [-0.39, 0.29) is 11.0 Å². The van der Waals surface area contributed by atoms with E-state index in [1.807, 2.05) is 26.8 Å². The fourth-order valence-corrected chi connectivity index (χ4v) is 3.51. The summed E-state index contributed by atoms with van der Waals surface area (Å²) in [6, 6.07) is 5.19. The number of benzene rings is 1. The molecule has 8 heteroatoms. The average molecular weight is 346 g/mol. The first kappa shape index (κ1) is 16.3. The molecule has 0 radical (unpaired) electrons. The average Bonchev–Trinajstić information content (AvgIpc) is 2.95. The van der Waals surface area contributed by atoms with Gasteiger partial charge in [-0.1, -0.05) is 6.07 Å². The number of sulfonamides is 1. The van der Waals surface area contributed by atoms with Crippen LogP contribution in [0.1, 0.15) is 19.4 Å². The van der Waals surface area contributed by atoms with Crippen molar-refractivity contribution < 1.29 is 13.2 Å². The van der Waals surface area contributed by atoms with Crippen LogP contribution in [0.2, 0.25) is 0 Å². The molecule has 0 bridgehead atoms. The first-order valence-corrected chi connectivity index (χ1v) is 8.92. The zero-order chi connectivity index (χ0) is 17.3. The van der Waals surface area contributed by atoms with Gasteiger partial charge < -0.3 is 9.72 Å². The Morgan fingerprint density at radius 1 is 1.29 bits per heavy atom. The minimum atomic E-state index is -3.77. The molecule has 0 saturated carbocycles. The van der Waals surface area contributed by atoms with Gasteiger partial charge in [0.2, 0.25) is 0 Å². The highest BCUT2D eigenvalue weighted by atomic mass is 32.2. The van der Waals surface area contributed by atoms with Crippen LogP contribution in [0.15, 0.2) is 41.8 Å². The number of aromatic amines is 1. The maximum absolute atomic E-state index is 12.7. The predicted octanol–water partition coefficient (Wildman–Crippen LogP) is 2.85. The fraction of sp³-hybridized carbons (Fsp3) is 0.250. The maximum atomic E-state index is 12.7. The summed E-state index contributed by atoms with van der Waals surface area (Å²) in [6.07, 6.45) is 4.23. The zero-order valence-electron chi connectivity index (χ0n) is 13.6. The number of nitrogens with one attached hydrogen (secondary N) is 2. The number of ether oxygens (including phenoxy) is 1. The molecule has 0 amide bonds. The first-order valence-electron chi connectivity index (χ1n) is 7.44. The highest BCUT2D eigenvalue weighted by Gasteiger charge is 2.20. The van der Waals surface area contributed by atoms with E-state index in [1.165, 1.54) is 18.7 Å². The van der Waals surface area contributed by atoms with E-state index < -0.39 is 10.0 Å². The Kier molecular flexibility index (Phi) is 4.15. The zero-order valence-corrected chi connectivity index (χ0v) is 14.4. The van der Waals surface area contributed by atoms with Crippen LogP contribution >= 0.6 is 0 Å². The van der Waals surface area contributed by atoms with E-state index >= 15 is 0 Å². The highest BCUT2D eigenvalue weighted by Crippen LogP contribution is 2.27. The third-order valence-corrected chi connectivity index (χ3v) is 4.83. The third-order valence-electron chi connectivity index (χ3n) is 3.41. The lowest BCUT2D eigenvalue weighted by atomic mass is 10.2. The lowest BCUT2D eigenvalue weighted by Crippen LogP contribution is -2.13. The summed E-state index contributed by atoms with van der Waals surface area (Å²) in [5, 5.41) is 0.441. The molecule has 1 aromatic carbocycles. The van der Waals surface area contributed by atoms with Crippen LogP contribution in [0.5, 0.6) is 5.75 Å². The van der Waals surface area contributed by atoms with Crippen molar-refractivity contribution in [1.29, 1.82) is 0 Å². The van der Waals surface area contributed by atoms with Crippen LogP contribution in [-0.2, 0) is 10.0 Å². The van der Waals surface area contributed by atoms with Crippen molar-refractivity contribution in [3.05, 3.63) is 42.5 Å². The standard InChI is InChI=1S/C16H18N4O3S/c1-10(2)23-14-6-12(5-4-11(14)3)20-24(21,22)15-8-18-16-13(15)7-17-9-19-16/h4-10,20H,1-3H3,(H,17,18,19). The molecule has 0 unspecified atom stereocenters. The Hall–Kier alpha value is -2.61. The van der Waals surface area contributed by atoms with Gasteiger partial charge in [0.1, 0.15) is 22.6 Å². The topological polar surface area (TPSA) is 97.0 Å². The van der Waals surface area contributed by atoms with Crippen molar-refractivity contribution in [2.45, 2.75) is 31.8 Å². The molecular formula is C16H18N4O3S. The second-order valence-electron chi connectivity index (χ2n) is 5.69. The molecule has 0 saturated heterocycles. The molecule has 0 aliphatic heterocycles. The Labute approximate surface area is 140 Å². The molecule has 0 atom stereocenters. The summed E-state index contributed by atoms with van der Waals surface area (Å²) in [7, 11) is -3.77. The number of fused-ring (bicyclic) bond motifs is 1. The lowest BCUT2D eigenvalue weighted by Gasteiger charge is -2.14. The maximum Gasteiger partial charge on any atom is 0.264 e. The number of anilines is 1. The highest BCUT2D eigenvalue weighted by molar-refractivity contribution is 7.93. The second kappa shape index (κ2) is 6.12. The van der Waals surface area contributed by atoms with Gasteiger partial charge in [0.05, 0.1) is 17.2 Å². The van der Waals surface area contributed by atoms with E-state index in [1.54, 1.807) is 12.1 Å². The molecule has 3 aromatic rings. The Morgan fingerprint density at radius 3 is 2.83 bits per heavy atom. The fourth-order valence-electron chi connectivity index (χ4n) is 2.31. The summed E-state index contributed by atoms with van der Waals surface area (Å²) < 4.78 is 33.6. The van der Waals surface area contributed by atoms with Gasteiger partial charge >= 0.3 is 0 Å². The number of rotatable bonds is 5. The smallest absolute Gasteiger partial charge is 0.264 e. The minimum absolute atomic E-state index is 0.00123. The molecule has 2 heterocycles. The summed E-state index contributed by atoms with van der Waals surface area (Å²) >= 11 is 0. The molecule has 2 aromatic heterocycles. The largest absolute Gasteiger partial charge is 0.491 e. The van der Waals surface area contributed by atoms with Gasteiger partial charge in [-0.2, -0.15) is 0 Å². The Morgan fingerprint density at radius 2 is 2.08 bits per heavy atom. The molecule has 0 spiro atoms. The molecule has 7 nitrogen and oxygen atoms in total. The number of hydrogen-bond acceptors (Lipinski definition) is 5. The van der Waals surface area contributed by atoms with E-state index in [4.69, 9.17) is 4.74 Å². The molecular weight excluding hydrogens is 328 g/mol. The third kappa shape index (κ3) is 3.18. The number of nitrogens with zero attached hydrogens (tertiary/aromatic N) is 2. The van der Waals surface area contributed by atoms with Crippen molar-refractivity contribution in [3.63, 3.8) is 0 Å². The molecule has 0 aliphatic carbocycles. The summed E-state index contributed by atoms with van der Waals surface area (Å²) in [4.78, 5) is 10.8. The monoisotopic (exact) mass is 346 g/mol.